The number of rotatable bonds is 10. The lowest BCUT2D eigenvalue weighted by atomic mass is 10.1. The fourth-order valence-corrected chi connectivity index (χ4v) is 5.17. The maximum absolute atomic E-state index is 13.3. The van der Waals surface area contributed by atoms with Crippen molar-refractivity contribution in [2.45, 2.75) is 58.7 Å². The second-order valence-electron chi connectivity index (χ2n) is 9.60. The molecule has 0 saturated heterocycles. The van der Waals surface area contributed by atoms with E-state index in [-0.39, 0.29) is 48.5 Å². The van der Waals surface area contributed by atoms with Gasteiger partial charge in [-0.05, 0) is 70.0 Å². The van der Waals surface area contributed by atoms with Gasteiger partial charge in [-0.3, -0.25) is 13.9 Å². The molecule has 0 spiro atoms. The molecule has 0 aliphatic rings. The Hall–Kier alpha value is -2.00. The van der Waals surface area contributed by atoms with Crippen molar-refractivity contribution in [3.05, 3.63) is 63.1 Å². The monoisotopic (exact) mass is 575 g/mol. The van der Waals surface area contributed by atoms with Crippen molar-refractivity contribution in [3.8, 4) is 0 Å². The summed E-state index contributed by atoms with van der Waals surface area (Å²) in [6, 6.07) is 10.9. The molecule has 0 aromatic heterocycles. The molecule has 0 radical (unpaired) electrons. The molecule has 2 rings (SSSR count). The van der Waals surface area contributed by atoms with Crippen LogP contribution in [0.1, 0.15) is 46.1 Å². The minimum atomic E-state index is -3.69. The second-order valence-corrected chi connectivity index (χ2v) is 12.8. The SMILES string of the molecule is C[C@H](C(=O)NC(C)(C)C)N(Cc1cccc(Cl)c1)C(=O)CCCN(c1cc(Cl)ccc1Cl)S(C)(=O)=O. The summed E-state index contributed by atoms with van der Waals surface area (Å²) in [5.41, 5.74) is 0.546. The van der Waals surface area contributed by atoms with Crippen LogP contribution in [0.3, 0.4) is 0 Å². The topological polar surface area (TPSA) is 86.8 Å². The van der Waals surface area contributed by atoms with Crippen molar-refractivity contribution in [2.24, 2.45) is 0 Å². The minimum Gasteiger partial charge on any atom is -0.350 e. The lowest BCUT2D eigenvalue weighted by Crippen LogP contribution is -2.52. The van der Waals surface area contributed by atoms with E-state index in [4.69, 9.17) is 34.8 Å². The van der Waals surface area contributed by atoms with E-state index in [2.05, 4.69) is 5.32 Å². The van der Waals surface area contributed by atoms with Crippen molar-refractivity contribution >= 4 is 62.3 Å². The van der Waals surface area contributed by atoms with E-state index in [9.17, 15) is 18.0 Å². The Morgan fingerprint density at radius 1 is 1.03 bits per heavy atom. The Morgan fingerprint density at radius 3 is 2.25 bits per heavy atom. The third-order valence-corrected chi connectivity index (χ3v) is 7.21. The maximum Gasteiger partial charge on any atom is 0.242 e. The Labute approximate surface area is 228 Å². The van der Waals surface area contributed by atoms with Crippen LogP contribution in [0.5, 0.6) is 0 Å². The number of anilines is 1. The van der Waals surface area contributed by atoms with Crippen molar-refractivity contribution < 1.29 is 18.0 Å². The Bertz CT molecular complexity index is 1200. The molecular formula is C25H32Cl3N3O4S. The van der Waals surface area contributed by atoms with E-state index in [1.54, 1.807) is 31.2 Å². The van der Waals surface area contributed by atoms with Gasteiger partial charge in [0.05, 0.1) is 17.0 Å². The van der Waals surface area contributed by atoms with Crippen LogP contribution in [0.2, 0.25) is 15.1 Å². The highest BCUT2D eigenvalue weighted by atomic mass is 35.5. The molecule has 0 aliphatic heterocycles. The number of benzene rings is 2. The summed E-state index contributed by atoms with van der Waals surface area (Å²) in [5.74, 6) is -0.585. The van der Waals surface area contributed by atoms with Gasteiger partial charge in [0.1, 0.15) is 6.04 Å². The summed E-state index contributed by atoms with van der Waals surface area (Å²) >= 11 is 18.4. The molecule has 0 unspecified atom stereocenters. The third kappa shape index (κ3) is 9.14. The van der Waals surface area contributed by atoms with E-state index in [0.29, 0.717) is 10.0 Å². The molecule has 0 fully saturated rings. The standard InChI is InChI=1S/C25H32Cl3N3O4S/c1-17(24(33)29-25(2,3)4)30(16-18-8-6-9-19(26)14-18)23(32)10-7-13-31(36(5,34)35)22-15-20(27)11-12-21(22)28/h6,8-9,11-12,14-15,17H,7,10,13,16H2,1-5H3,(H,29,33)/t17-/m1/s1. The van der Waals surface area contributed by atoms with Crippen LogP contribution in [0, 0.1) is 0 Å². The zero-order valence-corrected chi connectivity index (χ0v) is 24.1. The van der Waals surface area contributed by atoms with Gasteiger partial charge >= 0.3 is 0 Å². The van der Waals surface area contributed by atoms with Gasteiger partial charge < -0.3 is 10.2 Å². The molecule has 36 heavy (non-hydrogen) atoms. The number of nitrogens with one attached hydrogen (secondary N) is 1. The molecule has 2 aromatic carbocycles. The summed E-state index contributed by atoms with van der Waals surface area (Å²) in [4.78, 5) is 27.7. The molecule has 7 nitrogen and oxygen atoms in total. The summed E-state index contributed by atoms with van der Waals surface area (Å²) < 4.78 is 26.1. The number of hydrogen-bond donors (Lipinski definition) is 1. The molecule has 0 bridgehead atoms. The smallest absolute Gasteiger partial charge is 0.242 e. The fourth-order valence-electron chi connectivity index (χ4n) is 3.55. The van der Waals surface area contributed by atoms with E-state index in [0.717, 1.165) is 16.1 Å². The number of sulfonamides is 1. The molecule has 11 heteroatoms. The Balaban J connectivity index is 2.23. The van der Waals surface area contributed by atoms with Crippen molar-refractivity contribution in [3.63, 3.8) is 0 Å². The first-order valence-corrected chi connectivity index (χ1v) is 14.4. The first-order valence-electron chi connectivity index (χ1n) is 11.4. The van der Waals surface area contributed by atoms with Crippen molar-refractivity contribution in [1.29, 1.82) is 0 Å². The molecule has 198 valence electrons. The third-order valence-electron chi connectivity index (χ3n) is 5.24. The van der Waals surface area contributed by atoms with Crippen LogP contribution in [-0.2, 0) is 26.2 Å². The van der Waals surface area contributed by atoms with Gasteiger partial charge in [-0.25, -0.2) is 8.42 Å². The average molecular weight is 577 g/mol. The molecule has 0 heterocycles. The van der Waals surface area contributed by atoms with Gasteiger partial charge in [-0.15, -0.1) is 0 Å². The number of hydrogen-bond acceptors (Lipinski definition) is 4. The number of nitrogens with zero attached hydrogens (tertiary/aromatic N) is 2. The molecule has 0 aliphatic carbocycles. The zero-order chi connectivity index (χ0) is 27.3. The molecular weight excluding hydrogens is 545 g/mol. The molecule has 1 N–H and O–H groups in total. The predicted molar refractivity (Wildman–Crippen MR) is 147 cm³/mol. The van der Waals surface area contributed by atoms with Gasteiger partial charge in [-0.2, -0.15) is 0 Å². The van der Waals surface area contributed by atoms with Crippen LogP contribution in [0.25, 0.3) is 0 Å². The first-order chi connectivity index (χ1) is 16.6. The highest BCUT2D eigenvalue weighted by Crippen LogP contribution is 2.31. The largest absolute Gasteiger partial charge is 0.350 e. The Kier molecular flexibility index (Phi) is 10.5. The van der Waals surface area contributed by atoms with Crippen molar-refractivity contribution in [2.75, 3.05) is 17.1 Å². The van der Waals surface area contributed by atoms with Gasteiger partial charge in [-0.1, -0.05) is 46.9 Å². The minimum absolute atomic E-state index is 0.0118. The van der Waals surface area contributed by atoms with Gasteiger partial charge in [0.2, 0.25) is 21.8 Å². The summed E-state index contributed by atoms with van der Waals surface area (Å²) in [6.07, 6.45) is 1.28. The number of carbonyl (C=O) groups excluding carboxylic acids is 2. The van der Waals surface area contributed by atoms with E-state index in [1.165, 1.54) is 17.0 Å². The maximum atomic E-state index is 13.3. The van der Waals surface area contributed by atoms with E-state index >= 15 is 0 Å². The highest BCUT2D eigenvalue weighted by molar-refractivity contribution is 7.92. The number of amides is 2. The lowest BCUT2D eigenvalue weighted by molar-refractivity contribution is -0.141. The molecule has 2 amide bonds. The average Bonchev–Trinajstić information content (AvgIpc) is 2.74. The van der Waals surface area contributed by atoms with E-state index in [1.807, 2.05) is 26.8 Å². The zero-order valence-electron chi connectivity index (χ0n) is 21.0. The lowest BCUT2D eigenvalue weighted by Gasteiger charge is -2.32. The summed E-state index contributed by atoms with van der Waals surface area (Å²) in [7, 11) is -3.69. The molecule has 0 saturated carbocycles. The highest BCUT2D eigenvalue weighted by Gasteiger charge is 2.29. The predicted octanol–water partition coefficient (Wildman–Crippen LogP) is 5.53. The summed E-state index contributed by atoms with van der Waals surface area (Å²) in [6.45, 7) is 7.44. The Morgan fingerprint density at radius 2 is 1.67 bits per heavy atom. The van der Waals surface area contributed by atoms with Crippen LogP contribution in [0.15, 0.2) is 42.5 Å². The fraction of sp³-hybridized carbons (Fsp3) is 0.440. The number of halogens is 3. The normalized spacial score (nSPS) is 12.7. The van der Waals surface area contributed by atoms with E-state index < -0.39 is 21.6 Å². The summed E-state index contributed by atoms with van der Waals surface area (Å²) in [5, 5.41) is 3.99. The van der Waals surface area contributed by atoms with Crippen LogP contribution in [0.4, 0.5) is 5.69 Å². The molecule has 2 aromatic rings. The van der Waals surface area contributed by atoms with Crippen LogP contribution < -0.4 is 9.62 Å². The molecule has 1 atom stereocenters. The van der Waals surface area contributed by atoms with Gasteiger partial charge in [0, 0.05) is 35.1 Å². The van der Waals surface area contributed by atoms with Gasteiger partial charge in [0.25, 0.3) is 0 Å². The number of carbonyl (C=O) groups is 2. The van der Waals surface area contributed by atoms with Crippen molar-refractivity contribution in [1.82, 2.24) is 10.2 Å². The first kappa shape index (κ1) is 30.2. The van der Waals surface area contributed by atoms with Crippen LogP contribution >= 0.6 is 34.8 Å². The quantitative estimate of drug-likeness (QED) is 0.403. The second kappa shape index (κ2) is 12.5. The van der Waals surface area contributed by atoms with Gasteiger partial charge in [0.15, 0.2) is 0 Å². The van der Waals surface area contributed by atoms with Crippen LogP contribution in [-0.4, -0.2) is 49.5 Å².